The van der Waals surface area contributed by atoms with Crippen molar-refractivity contribution >= 4 is 23.4 Å². The van der Waals surface area contributed by atoms with Crippen molar-refractivity contribution < 1.29 is 9.53 Å². The summed E-state index contributed by atoms with van der Waals surface area (Å²) in [6.07, 6.45) is 1.83. The van der Waals surface area contributed by atoms with Gasteiger partial charge in [0.05, 0.1) is 24.8 Å². The fourth-order valence-electron chi connectivity index (χ4n) is 2.59. The summed E-state index contributed by atoms with van der Waals surface area (Å²) < 4.78 is 5.43. The van der Waals surface area contributed by atoms with Crippen LogP contribution in [0.5, 0.6) is 5.75 Å². The minimum absolute atomic E-state index is 0.108. The Morgan fingerprint density at radius 2 is 2.07 bits per heavy atom. The summed E-state index contributed by atoms with van der Waals surface area (Å²) in [5.41, 5.74) is 1.20. The number of nitrogens with zero attached hydrogens (tertiary/aromatic N) is 3. The van der Waals surface area contributed by atoms with E-state index < -0.39 is 0 Å². The Morgan fingerprint density at radius 1 is 1.32 bits per heavy atom. The second-order valence-electron chi connectivity index (χ2n) is 5.96. The lowest BCUT2D eigenvalue weighted by molar-refractivity contribution is -0.116. The van der Waals surface area contributed by atoms with E-state index in [1.54, 1.807) is 29.2 Å². The second kappa shape index (κ2) is 11.1. The number of nitrogens with one attached hydrogen (secondary N) is 1. The Bertz CT molecular complexity index is 874. The zero-order valence-corrected chi connectivity index (χ0v) is 16.9. The Kier molecular flexibility index (Phi) is 8.56. The summed E-state index contributed by atoms with van der Waals surface area (Å²) in [6.45, 7) is 4.78. The smallest absolute Gasteiger partial charge is 0.251 e. The van der Waals surface area contributed by atoms with Gasteiger partial charge in [0.1, 0.15) is 5.75 Å². The molecule has 0 unspecified atom stereocenters. The van der Waals surface area contributed by atoms with Gasteiger partial charge in [-0.1, -0.05) is 25.1 Å². The minimum atomic E-state index is -0.221. The normalized spacial score (nSPS) is 10.3. The van der Waals surface area contributed by atoms with Gasteiger partial charge in [0.15, 0.2) is 5.16 Å². The molecule has 148 valence electrons. The Balaban J connectivity index is 2.10. The molecule has 0 saturated carbocycles. The second-order valence-corrected chi connectivity index (χ2v) is 6.93. The number of aromatic amines is 1. The first kappa shape index (κ1) is 21.5. The maximum absolute atomic E-state index is 12.8. The zero-order valence-electron chi connectivity index (χ0n) is 16.1. The molecule has 7 nitrogen and oxygen atoms in total. The highest BCUT2D eigenvalue weighted by molar-refractivity contribution is 7.99. The summed E-state index contributed by atoms with van der Waals surface area (Å²) in [5.74, 6) is 0.674. The molecule has 2 rings (SSSR count). The fourth-order valence-corrected chi connectivity index (χ4v) is 3.36. The number of carbonyl (C=O) groups is 1. The van der Waals surface area contributed by atoms with E-state index in [1.165, 1.54) is 17.8 Å². The van der Waals surface area contributed by atoms with Gasteiger partial charge in [-0.3, -0.25) is 9.59 Å². The van der Waals surface area contributed by atoms with E-state index >= 15 is 0 Å². The van der Waals surface area contributed by atoms with Crippen LogP contribution >= 0.6 is 11.8 Å². The maximum atomic E-state index is 12.8. The molecule has 0 spiro atoms. The molecule has 0 atom stereocenters. The largest absolute Gasteiger partial charge is 0.494 e. The van der Waals surface area contributed by atoms with Crippen molar-refractivity contribution in [3.8, 4) is 11.8 Å². The molecule has 1 aromatic heterocycles. The van der Waals surface area contributed by atoms with Gasteiger partial charge in [0.25, 0.3) is 5.56 Å². The lowest BCUT2D eigenvalue weighted by atomic mass is 10.2. The number of benzene rings is 1. The van der Waals surface area contributed by atoms with E-state index in [1.807, 2.05) is 13.8 Å². The molecular weight excluding hydrogens is 376 g/mol. The SMILES string of the molecule is CCCc1cc(=O)[nH]c(SCC(=O)N(CCC#N)c2ccc(OCC)cc2)n1. The van der Waals surface area contributed by atoms with Gasteiger partial charge >= 0.3 is 0 Å². The molecule has 0 aliphatic rings. The summed E-state index contributed by atoms with van der Waals surface area (Å²) in [5, 5.41) is 9.34. The molecule has 0 radical (unpaired) electrons. The summed E-state index contributed by atoms with van der Waals surface area (Å²) >= 11 is 1.18. The highest BCUT2D eigenvalue weighted by Gasteiger charge is 2.17. The van der Waals surface area contributed by atoms with Crippen LogP contribution in [-0.4, -0.2) is 34.8 Å². The Hall–Kier alpha value is -2.79. The quantitative estimate of drug-likeness (QED) is 0.486. The minimum Gasteiger partial charge on any atom is -0.494 e. The topological polar surface area (TPSA) is 99.1 Å². The van der Waals surface area contributed by atoms with Gasteiger partial charge in [-0.2, -0.15) is 5.26 Å². The molecule has 0 bridgehead atoms. The van der Waals surface area contributed by atoms with Crippen molar-refractivity contribution in [1.82, 2.24) is 9.97 Å². The van der Waals surface area contributed by atoms with Crippen LogP contribution in [-0.2, 0) is 11.2 Å². The monoisotopic (exact) mass is 400 g/mol. The molecule has 1 N–H and O–H groups in total. The summed E-state index contributed by atoms with van der Waals surface area (Å²) in [6, 6.07) is 10.7. The number of thioether (sulfide) groups is 1. The van der Waals surface area contributed by atoms with Crippen molar-refractivity contribution in [3.63, 3.8) is 0 Å². The molecule has 1 heterocycles. The summed E-state index contributed by atoms with van der Waals surface area (Å²) in [7, 11) is 0. The third-order valence-electron chi connectivity index (χ3n) is 3.82. The molecule has 0 aliphatic heterocycles. The number of ether oxygens (including phenoxy) is 1. The molecule has 0 saturated heterocycles. The van der Waals surface area contributed by atoms with Gasteiger partial charge in [-0.25, -0.2) is 4.98 Å². The first-order chi connectivity index (χ1) is 13.6. The predicted octanol–water partition coefficient (Wildman–Crippen LogP) is 3.16. The van der Waals surface area contributed by atoms with E-state index in [4.69, 9.17) is 10.00 Å². The Labute approximate surface area is 168 Å². The third-order valence-corrected chi connectivity index (χ3v) is 4.68. The average molecular weight is 401 g/mol. The first-order valence-electron chi connectivity index (χ1n) is 9.20. The van der Waals surface area contributed by atoms with Crippen LogP contribution in [0.2, 0.25) is 0 Å². The van der Waals surface area contributed by atoms with Crippen LogP contribution in [0.1, 0.15) is 32.4 Å². The van der Waals surface area contributed by atoms with Crippen LogP contribution < -0.4 is 15.2 Å². The Morgan fingerprint density at radius 3 is 2.71 bits per heavy atom. The number of hydrogen-bond acceptors (Lipinski definition) is 6. The van der Waals surface area contributed by atoms with E-state index in [-0.39, 0.29) is 23.6 Å². The van der Waals surface area contributed by atoms with Gasteiger partial charge < -0.3 is 14.6 Å². The third kappa shape index (κ3) is 6.43. The number of H-pyrrole nitrogens is 1. The molecule has 2 aromatic rings. The van der Waals surface area contributed by atoms with Crippen molar-refractivity contribution in [2.45, 2.75) is 38.3 Å². The fraction of sp³-hybridized carbons (Fsp3) is 0.400. The molecular formula is C20H24N4O3S. The number of aromatic nitrogens is 2. The van der Waals surface area contributed by atoms with Gasteiger partial charge in [0, 0.05) is 24.0 Å². The lowest BCUT2D eigenvalue weighted by Crippen LogP contribution is -2.33. The van der Waals surface area contributed by atoms with Crippen molar-refractivity contribution in [2.24, 2.45) is 0 Å². The number of nitriles is 1. The van der Waals surface area contributed by atoms with Gasteiger partial charge in [-0.15, -0.1) is 0 Å². The maximum Gasteiger partial charge on any atom is 0.251 e. The number of amides is 1. The van der Waals surface area contributed by atoms with Crippen molar-refractivity contribution in [2.75, 3.05) is 23.8 Å². The number of carbonyl (C=O) groups excluding carboxylic acids is 1. The summed E-state index contributed by atoms with van der Waals surface area (Å²) in [4.78, 5) is 33.2. The van der Waals surface area contributed by atoms with Crippen molar-refractivity contribution in [3.05, 3.63) is 46.4 Å². The van der Waals surface area contributed by atoms with Crippen LogP contribution in [0.3, 0.4) is 0 Å². The molecule has 1 amide bonds. The molecule has 8 heteroatoms. The van der Waals surface area contributed by atoms with Crippen LogP contribution in [0.25, 0.3) is 0 Å². The lowest BCUT2D eigenvalue weighted by Gasteiger charge is -2.22. The van der Waals surface area contributed by atoms with E-state index in [2.05, 4.69) is 16.0 Å². The van der Waals surface area contributed by atoms with Crippen LogP contribution in [0, 0.1) is 11.3 Å². The molecule has 0 aliphatic carbocycles. The molecule has 1 aromatic carbocycles. The number of rotatable bonds is 10. The average Bonchev–Trinajstić information content (AvgIpc) is 2.68. The highest BCUT2D eigenvalue weighted by atomic mass is 32.2. The van der Waals surface area contributed by atoms with E-state index in [0.717, 1.165) is 12.2 Å². The number of aryl methyl sites for hydroxylation is 1. The highest BCUT2D eigenvalue weighted by Crippen LogP contribution is 2.22. The van der Waals surface area contributed by atoms with Crippen LogP contribution in [0.4, 0.5) is 5.69 Å². The van der Waals surface area contributed by atoms with Gasteiger partial charge in [0.2, 0.25) is 5.91 Å². The van der Waals surface area contributed by atoms with Crippen LogP contribution in [0.15, 0.2) is 40.3 Å². The molecule has 0 fully saturated rings. The molecule has 28 heavy (non-hydrogen) atoms. The zero-order chi connectivity index (χ0) is 20.4. The number of anilines is 1. The first-order valence-corrected chi connectivity index (χ1v) is 10.2. The van der Waals surface area contributed by atoms with Gasteiger partial charge in [-0.05, 0) is 37.6 Å². The predicted molar refractivity (Wildman–Crippen MR) is 110 cm³/mol. The van der Waals surface area contributed by atoms with Crippen molar-refractivity contribution in [1.29, 1.82) is 5.26 Å². The number of hydrogen-bond donors (Lipinski definition) is 1. The van der Waals surface area contributed by atoms with E-state index in [0.29, 0.717) is 36.1 Å². The standard InChI is InChI=1S/C20H24N4O3S/c1-3-6-15-13-18(25)23-20(22-15)28-14-19(26)24(12-5-11-21)16-7-9-17(10-8-16)27-4-2/h7-10,13H,3-6,12,14H2,1-2H3,(H,22,23,25). The van der Waals surface area contributed by atoms with E-state index in [9.17, 15) is 9.59 Å².